The Labute approximate surface area is 111 Å². The first kappa shape index (κ1) is 12.9. The topological polar surface area (TPSA) is 82.2 Å². The molecule has 19 heavy (non-hydrogen) atoms. The second-order valence-electron chi connectivity index (χ2n) is 4.13. The van der Waals surface area contributed by atoms with E-state index in [0.29, 0.717) is 23.5 Å². The van der Waals surface area contributed by atoms with Crippen LogP contribution in [-0.4, -0.2) is 22.8 Å². The Morgan fingerprint density at radius 1 is 1.53 bits per heavy atom. The maximum absolute atomic E-state index is 12.0. The summed E-state index contributed by atoms with van der Waals surface area (Å²) in [6, 6.07) is 5.11. The van der Waals surface area contributed by atoms with Crippen molar-refractivity contribution in [2.24, 2.45) is 7.05 Å². The number of methoxy groups -OCH3 is 1. The van der Waals surface area contributed by atoms with Gasteiger partial charge in [0.05, 0.1) is 24.6 Å². The van der Waals surface area contributed by atoms with Crippen LogP contribution in [0.3, 0.4) is 0 Å². The molecule has 0 unspecified atom stereocenters. The highest BCUT2D eigenvalue weighted by Gasteiger charge is 2.12. The number of hydrogen-bond donors (Lipinski definition) is 2. The van der Waals surface area contributed by atoms with Gasteiger partial charge in [-0.15, -0.1) is 0 Å². The fourth-order valence-electron chi connectivity index (χ4n) is 1.76. The van der Waals surface area contributed by atoms with Crippen molar-refractivity contribution in [3.8, 4) is 5.75 Å². The van der Waals surface area contributed by atoms with E-state index in [4.69, 9.17) is 10.5 Å². The zero-order valence-corrected chi connectivity index (χ0v) is 10.9. The molecular weight excluding hydrogens is 244 g/mol. The number of anilines is 1. The van der Waals surface area contributed by atoms with E-state index in [1.807, 2.05) is 13.2 Å². The minimum absolute atomic E-state index is 0.236. The fourth-order valence-corrected chi connectivity index (χ4v) is 1.76. The van der Waals surface area contributed by atoms with Crippen LogP contribution in [-0.2, 0) is 13.6 Å². The number of benzene rings is 1. The molecule has 0 atom stereocenters. The van der Waals surface area contributed by atoms with Crippen molar-refractivity contribution >= 4 is 11.6 Å². The summed E-state index contributed by atoms with van der Waals surface area (Å²) in [5.74, 6) is 0.259. The number of nitrogens with one attached hydrogen (secondary N) is 1. The molecule has 1 heterocycles. The molecule has 0 bridgehead atoms. The molecule has 1 aromatic carbocycles. The molecule has 0 saturated carbocycles. The number of aryl methyl sites for hydroxylation is 1. The predicted octanol–water partition coefficient (Wildman–Crippen LogP) is 0.941. The average Bonchev–Trinajstić information content (AvgIpc) is 2.82. The molecule has 1 amide bonds. The second kappa shape index (κ2) is 5.43. The van der Waals surface area contributed by atoms with Gasteiger partial charge < -0.3 is 15.8 Å². The van der Waals surface area contributed by atoms with Crippen LogP contribution in [0.5, 0.6) is 5.75 Å². The maximum atomic E-state index is 12.0. The van der Waals surface area contributed by atoms with E-state index in [1.54, 1.807) is 29.1 Å². The Morgan fingerprint density at radius 3 is 2.95 bits per heavy atom. The van der Waals surface area contributed by atoms with Gasteiger partial charge in [0.25, 0.3) is 5.91 Å². The van der Waals surface area contributed by atoms with Gasteiger partial charge in [0, 0.05) is 25.4 Å². The Kier molecular flexibility index (Phi) is 3.70. The van der Waals surface area contributed by atoms with E-state index >= 15 is 0 Å². The van der Waals surface area contributed by atoms with Crippen LogP contribution in [0, 0.1) is 0 Å². The van der Waals surface area contributed by atoms with Crippen LogP contribution in [0.2, 0.25) is 0 Å². The maximum Gasteiger partial charge on any atom is 0.253 e. The number of para-hydroxylation sites is 1. The molecule has 0 aliphatic heterocycles. The second-order valence-corrected chi connectivity index (χ2v) is 4.13. The molecule has 6 nitrogen and oxygen atoms in total. The van der Waals surface area contributed by atoms with Gasteiger partial charge in [0.2, 0.25) is 0 Å². The number of nitrogens with zero attached hydrogens (tertiary/aromatic N) is 2. The minimum Gasteiger partial charge on any atom is -0.495 e. The van der Waals surface area contributed by atoms with Crippen molar-refractivity contribution in [3.05, 3.63) is 41.7 Å². The fraction of sp³-hybridized carbons (Fsp3) is 0.231. The Bertz CT molecular complexity index is 592. The zero-order chi connectivity index (χ0) is 13.8. The van der Waals surface area contributed by atoms with Crippen LogP contribution >= 0.6 is 0 Å². The summed E-state index contributed by atoms with van der Waals surface area (Å²) < 4.78 is 6.77. The Hall–Kier alpha value is -2.50. The summed E-state index contributed by atoms with van der Waals surface area (Å²) in [5.41, 5.74) is 7.54. The molecule has 0 aliphatic rings. The summed E-state index contributed by atoms with van der Waals surface area (Å²) in [6.45, 7) is 0.406. The lowest BCUT2D eigenvalue weighted by molar-refractivity contribution is 0.0951. The van der Waals surface area contributed by atoms with Gasteiger partial charge in [-0.1, -0.05) is 6.07 Å². The van der Waals surface area contributed by atoms with Crippen LogP contribution in [0.4, 0.5) is 5.69 Å². The van der Waals surface area contributed by atoms with Crippen molar-refractivity contribution in [1.29, 1.82) is 0 Å². The smallest absolute Gasteiger partial charge is 0.253 e. The van der Waals surface area contributed by atoms with E-state index in [0.717, 1.165) is 5.56 Å². The molecule has 1 aromatic heterocycles. The van der Waals surface area contributed by atoms with E-state index in [1.165, 1.54) is 7.11 Å². The van der Waals surface area contributed by atoms with Crippen molar-refractivity contribution in [2.45, 2.75) is 6.54 Å². The molecule has 0 saturated heterocycles. The van der Waals surface area contributed by atoms with Crippen molar-refractivity contribution < 1.29 is 9.53 Å². The summed E-state index contributed by atoms with van der Waals surface area (Å²) in [4.78, 5) is 12.0. The molecular formula is C13H16N4O2. The average molecular weight is 260 g/mol. The third-order valence-corrected chi connectivity index (χ3v) is 2.74. The SMILES string of the molecule is COc1cccc(C(=O)NCc2cnn(C)c2)c1N. The molecule has 100 valence electrons. The third kappa shape index (κ3) is 2.85. The first-order valence-electron chi connectivity index (χ1n) is 5.80. The minimum atomic E-state index is -0.236. The summed E-state index contributed by atoms with van der Waals surface area (Å²) >= 11 is 0. The predicted molar refractivity (Wildman–Crippen MR) is 71.8 cm³/mol. The number of nitrogens with two attached hydrogens (primary N) is 1. The number of rotatable bonds is 4. The molecule has 0 fully saturated rings. The van der Waals surface area contributed by atoms with Crippen molar-refractivity contribution in [3.63, 3.8) is 0 Å². The summed E-state index contributed by atoms with van der Waals surface area (Å²) in [7, 11) is 3.34. The van der Waals surface area contributed by atoms with Gasteiger partial charge in [0.1, 0.15) is 5.75 Å². The molecule has 2 rings (SSSR count). The number of amides is 1. The number of aromatic nitrogens is 2. The normalized spacial score (nSPS) is 10.2. The van der Waals surface area contributed by atoms with E-state index < -0.39 is 0 Å². The molecule has 3 N–H and O–H groups in total. The Morgan fingerprint density at radius 2 is 2.32 bits per heavy atom. The monoisotopic (exact) mass is 260 g/mol. The largest absolute Gasteiger partial charge is 0.495 e. The van der Waals surface area contributed by atoms with Crippen LogP contribution in [0.15, 0.2) is 30.6 Å². The highest BCUT2D eigenvalue weighted by molar-refractivity contribution is 6.00. The zero-order valence-electron chi connectivity index (χ0n) is 10.9. The van der Waals surface area contributed by atoms with Crippen LogP contribution in [0.25, 0.3) is 0 Å². The summed E-state index contributed by atoms with van der Waals surface area (Å²) in [5, 5.41) is 6.83. The molecule has 2 aromatic rings. The summed E-state index contributed by atoms with van der Waals surface area (Å²) in [6.07, 6.45) is 3.55. The van der Waals surface area contributed by atoms with Gasteiger partial charge in [-0.2, -0.15) is 5.10 Å². The number of nitrogen functional groups attached to an aromatic ring is 1. The molecule has 0 spiro atoms. The first-order chi connectivity index (χ1) is 9.11. The van der Waals surface area contributed by atoms with E-state index in [9.17, 15) is 4.79 Å². The van der Waals surface area contributed by atoms with Gasteiger partial charge >= 0.3 is 0 Å². The number of carbonyl (C=O) groups excluding carboxylic acids is 1. The number of carbonyl (C=O) groups is 1. The van der Waals surface area contributed by atoms with Crippen molar-refractivity contribution in [1.82, 2.24) is 15.1 Å². The third-order valence-electron chi connectivity index (χ3n) is 2.74. The van der Waals surface area contributed by atoms with Gasteiger partial charge in [-0.05, 0) is 12.1 Å². The van der Waals surface area contributed by atoms with Gasteiger partial charge in [-0.3, -0.25) is 9.48 Å². The number of ether oxygens (including phenoxy) is 1. The molecule has 0 aliphatic carbocycles. The van der Waals surface area contributed by atoms with Gasteiger partial charge in [-0.25, -0.2) is 0 Å². The Balaban J connectivity index is 2.08. The number of hydrogen-bond acceptors (Lipinski definition) is 4. The van der Waals surface area contributed by atoms with Crippen molar-refractivity contribution in [2.75, 3.05) is 12.8 Å². The highest BCUT2D eigenvalue weighted by atomic mass is 16.5. The lowest BCUT2D eigenvalue weighted by Crippen LogP contribution is -2.23. The quantitative estimate of drug-likeness (QED) is 0.801. The standard InChI is InChI=1S/C13H16N4O2/c1-17-8-9(7-16-17)6-15-13(18)10-4-3-5-11(19-2)12(10)14/h3-5,7-8H,6,14H2,1-2H3,(H,15,18). The van der Waals surface area contributed by atoms with Crippen LogP contribution < -0.4 is 15.8 Å². The lowest BCUT2D eigenvalue weighted by Gasteiger charge is -2.09. The molecule has 0 radical (unpaired) electrons. The van der Waals surface area contributed by atoms with E-state index in [2.05, 4.69) is 10.4 Å². The van der Waals surface area contributed by atoms with Gasteiger partial charge in [0.15, 0.2) is 0 Å². The highest BCUT2D eigenvalue weighted by Crippen LogP contribution is 2.24. The molecule has 6 heteroatoms. The lowest BCUT2D eigenvalue weighted by atomic mass is 10.1. The first-order valence-corrected chi connectivity index (χ1v) is 5.80. The van der Waals surface area contributed by atoms with E-state index in [-0.39, 0.29) is 5.91 Å². The van der Waals surface area contributed by atoms with Crippen LogP contribution in [0.1, 0.15) is 15.9 Å².